The van der Waals surface area contributed by atoms with Crippen molar-refractivity contribution in [3.8, 4) is 0 Å². The number of amides is 1. The van der Waals surface area contributed by atoms with Gasteiger partial charge in [-0.1, -0.05) is 0 Å². The van der Waals surface area contributed by atoms with Crippen LogP contribution in [0.4, 0.5) is 0 Å². The van der Waals surface area contributed by atoms with Crippen LogP contribution >= 0.6 is 34.5 Å². The summed E-state index contributed by atoms with van der Waals surface area (Å²) in [7, 11) is 1.67. The molecule has 0 aliphatic carbocycles. The molecule has 0 aliphatic rings. The number of aryl methyl sites for hydroxylation is 1. The predicted octanol–water partition coefficient (Wildman–Crippen LogP) is 3.01. The Morgan fingerprint density at radius 2 is 2.14 bits per heavy atom. The van der Waals surface area contributed by atoms with Gasteiger partial charge in [-0.3, -0.25) is 0 Å². The number of nitrogens with one attached hydrogen (secondary N) is 1. The average molecular weight is 417 g/mol. The SMILES string of the molecule is CNC(=O)c1cc(I(C)I)ccc1C. The molecule has 0 spiro atoms. The molecule has 1 N–H and O–H groups in total. The average Bonchev–Trinajstić information content (AvgIpc) is 2.17. The van der Waals surface area contributed by atoms with E-state index < -0.39 is 15.8 Å². The first-order valence-electron chi connectivity index (χ1n) is 4.15. The van der Waals surface area contributed by atoms with Gasteiger partial charge >= 0.3 is 102 Å². The Morgan fingerprint density at radius 3 is 2.64 bits per heavy atom. The summed E-state index contributed by atoms with van der Waals surface area (Å²) in [5.41, 5.74) is 1.85. The number of hydrogen-bond acceptors (Lipinski definition) is 1. The summed E-state index contributed by atoms with van der Waals surface area (Å²) in [5, 5.41) is 2.66. The van der Waals surface area contributed by atoms with Crippen molar-refractivity contribution in [1.29, 1.82) is 0 Å². The van der Waals surface area contributed by atoms with Crippen LogP contribution in [0.2, 0.25) is 0 Å². The maximum absolute atomic E-state index is 11.5. The zero-order valence-corrected chi connectivity index (χ0v) is 12.7. The molecular weight excluding hydrogens is 404 g/mol. The number of alkyl halides is 1. The molecule has 0 aromatic heterocycles. The Hall–Kier alpha value is 0.150. The van der Waals surface area contributed by atoms with Crippen LogP contribution in [-0.4, -0.2) is 17.9 Å². The molecule has 1 rings (SSSR count). The van der Waals surface area contributed by atoms with Gasteiger partial charge in [-0.2, -0.15) is 0 Å². The molecule has 0 bridgehead atoms. The Kier molecular flexibility index (Phi) is 4.62. The van der Waals surface area contributed by atoms with E-state index in [1.807, 2.05) is 19.1 Å². The molecule has 0 saturated heterocycles. The van der Waals surface area contributed by atoms with Gasteiger partial charge in [-0.15, -0.1) is 0 Å². The van der Waals surface area contributed by atoms with Crippen LogP contribution < -0.4 is 5.32 Å². The first-order chi connectivity index (χ1) is 6.56. The fourth-order valence-corrected chi connectivity index (χ4v) is 4.25. The fraction of sp³-hybridized carbons (Fsp3) is 0.300. The Balaban J connectivity index is 3.15. The normalized spacial score (nSPS) is 11.0. The van der Waals surface area contributed by atoms with E-state index in [4.69, 9.17) is 0 Å². The van der Waals surface area contributed by atoms with Crippen LogP contribution in [0.1, 0.15) is 15.9 Å². The quantitative estimate of drug-likeness (QED) is 0.582. The second-order valence-corrected chi connectivity index (χ2v) is 14.7. The van der Waals surface area contributed by atoms with Crippen molar-refractivity contribution < 1.29 is 4.79 Å². The van der Waals surface area contributed by atoms with Crippen LogP contribution in [0.3, 0.4) is 0 Å². The van der Waals surface area contributed by atoms with Gasteiger partial charge in [-0.05, 0) is 0 Å². The topological polar surface area (TPSA) is 29.1 Å². The number of rotatable bonds is 2. The van der Waals surface area contributed by atoms with Crippen LogP contribution in [0.5, 0.6) is 0 Å². The minimum absolute atomic E-state index is 0.0125. The minimum atomic E-state index is -1.00. The summed E-state index contributed by atoms with van der Waals surface area (Å²) in [5.74, 6) is 0.0125. The summed E-state index contributed by atoms with van der Waals surface area (Å²) in [6.45, 7) is 1.97. The number of halogens is 2. The van der Waals surface area contributed by atoms with E-state index in [0.717, 1.165) is 11.1 Å². The molecule has 0 saturated carbocycles. The second kappa shape index (κ2) is 5.29. The van der Waals surface area contributed by atoms with Gasteiger partial charge in [0.25, 0.3) is 0 Å². The van der Waals surface area contributed by atoms with Gasteiger partial charge in [0.05, 0.1) is 0 Å². The summed E-state index contributed by atoms with van der Waals surface area (Å²) >= 11 is 1.50. The Morgan fingerprint density at radius 1 is 1.50 bits per heavy atom. The summed E-state index contributed by atoms with van der Waals surface area (Å²) < 4.78 is 1.35. The predicted molar refractivity (Wildman–Crippen MR) is 77.2 cm³/mol. The van der Waals surface area contributed by atoms with Crippen molar-refractivity contribution in [3.63, 3.8) is 0 Å². The third kappa shape index (κ3) is 2.82. The molecule has 2 nitrogen and oxygen atoms in total. The maximum atomic E-state index is 11.5. The van der Waals surface area contributed by atoms with E-state index >= 15 is 0 Å². The van der Waals surface area contributed by atoms with Crippen molar-refractivity contribution in [2.24, 2.45) is 0 Å². The summed E-state index contributed by atoms with van der Waals surface area (Å²) in [4.78, 5) is 13.8. The second-order valence-electron chi connectivity index (χ2n) is 2.94. The van der Waals surface area contributed by atoms with Gasteiger partial charge in [0.15, 0.2) is 0 Å². The molecule has 78 valence electrons. The molecule has 0 radical (unpaired) electrons. The first-order valence-corrected chi connectivity index (χ1v) is 13.7. The third-order valence-corrected chi connectivity index (χ3v) is 7.52. The number of hydrogen-bond donors (Lipinski definition) is 1. The molecule has 1 aromatic rings. The van der Waals surface area contributed by atoms with E-state index in [0.29, 0.717) is 0 Å². The number of carbonyl (C=O) groups is 1. The van der Waals surface area contributed by atoms with Crippen molar-refractivity contribution in [3.05, 3.63) is 32.9 Å². The van der Waals surface area contributed by atoms with Crippen molar-refractivity contribution in [2.75, 3.05) is 12.0 Å². The first kappa shape index (κ1) is 12.2. The van der Waals surface area contributed by atoms with E-state index in [2.05, 4.69) is 34.9 Å². The molecule has 1 aromatic carbocycles. The van der Waals surface area contributed by atoms with Gasteiger partial charge in [0.2, 0.25) is 0 Å². The van der Waals surface area contributed by atoms with Crippen LogP contribution in [0.25, 0.3) is 0 Å². The van der Waals surface area contributed by atoms with Crippen molar-refractivity contribution in [1.82, 2.24) is 5.32 Å². The van der Waals surface area contributed by atoms with Crippen LogP contribution in [-0.2, 0) is 0 Å². The number of benzene rings is 1. The Bertz CT molecular complexity index is 350. The van der Waals surface area contributed by atoms with Gasteiger partial charge in [0.1, 0.15) is 0 Å². The van der Waals surface area contributed by atoms with E-state index in [1.54, 1.807) is 7.05 Å². The van der Waals surface area contributed by atoms with E-state index in [9.17, 15) is 4.79 Å². The molecule has 0 atom stereocenters. The Labute approximate surface area is 101 Å². The standard InChI is InChI=1S/C10H13I2NO/c1-7-4-5-8(12(2)11)6-9(7)10(14)13-3/h4-6H,1-3H3,(H,13,14). The monoisotopic (exact) mass is 417 g/mol. The van der Waals surface area contributed by atoms with Crippen molar-refractivity contribution in [2.45, 2.75) is 6.92 Å². The molecule has 1 amide bonds. The molecule has 0 fully saturated rings. The van der Waals surface area contributed by atoms with Gasteiger partial charge < -0.3 is 0 Å². The van der Waals surface area contributed by atoms with Crippen molar-refractivity contribution >= 4 is 40.4 Å². The summed E-state index contributed by atoms with van der Waals surface area (Å²) in [6, 6.07) is 6.21. The third-order valence-electron chi connectivity index (χ3n) is 1.97. The van der Waals surface area contributed by atoms with E-state index in [1.165, 1.54) is 3.57 Å². The molecule has 0 unspecified atom stereocenters. The zero-order valence-electron chi connectivity index (χ0n) is 8.40. The zero-order chi connectivity index (χ0) is 10.7. The van der Waals surface area contributed by atoms with E-state index in [-0.39, 0.29) is 5.91 Å². The molecule has 4 heteroatoms. The number of carbonyl (C=O) groups excluding carboxylic acids is 1. The molecule has 14 heavy (non-hydrogen) atoms. The van der Waals surface area contributed by atoms with Gasteiger partial charge in [0, 0.05) is 0 Å². The summed E-state index contributed by atoms with van der Waals surface area (Å²) in [6.07, 6.45) is 0. The van der Waals surface area contributed by atoms with Crippen LogP contribution in [0, 0.1) is 10.5 Å². The fourth-order valence-electron chi connectivity index (χ4n) is 1.14. The molecular formula is C10H13I2NO. The van der Waals surface area contributed by atoms with Crippen LogP contribution in [0.15, 0.2) is 18.2 Å². The molecule has 0 aliphatic heterocycles. The van der Waals surface area contributed by atoms with Gasteiger partial charge in [-0.25, -0.2) is 0 Å². The molecule has 0 heterocycles.